The van der Waals surface area contributed by atoms with Crippen molar-refractivity contribution >= 4 is 49.6 Å². The SMILES string of the molecule is Cc1ccc(OCCCn2cc(/C=C(\C#N)C(=O)Nc3nc4ccccc4s3)c3ccccc32)cc1. The molecule has 0 bridgehead atoms. The highest BCUT2D eigenvalue weighted by Gasteiger charge is 2.14. The lowest BCUT2D eigenvalue weighted by Gasteiger charge is -2.08. The maximum Gasteiger partial charge on any atom is 0.268 e. The lowest BCUT2D eigenvalue weighted by atomic mass is 10.1. The van der Waals surface area contributed by atoms with E-state index in [1.165, 1.54) is 16.9 Å². The van der Waals surface area contributed by atoms with Gasteiger partial charge < -0.3 is 9.30 Å². The van der Waals surface area contributed by atoms with E-state index in [0.717, 1.165) is 45.4 Å². The van der Waals surface area contributed by atoms with Gasteiger partial charge in [0, 0.05) is 29.2 Å². The molecule has 0 aliphatic rings. The summed E-state index contributed by atoms with van der Waals surface area (Å²) in [5, 5.41) is 14.0. The van der Waals surface area contributed by atoms with E-state index in [2.05, 4.69) is 21.8 Å². The highest BCUT2D eigenvalue weighted by atomic mass is 32.1. The molecule has 3 aromatic carbocycles. The van der Waals surface area contributed by atoms with E-state index in [1.54, 1.807) is 6.08 Å². The number of carbonyl (C=O) groups is 1. The largest absolute Gasteiger partial charge is 0.494 e. The minimum atomic E-state index is -0.472. The Bertz CT molecular complexity index is 1570. The molecular weight excluding hydrogens is 468 g/mol. The predicted octanol–water partition coefficient (Wildman–Crippen LogP) is 6.57. The summed E-state index contributed by atoms with van der Waals surface area (Å²) in [5.41, 5.74) is 3.91. The van der Waals surface area contributed by atoms with Gasteiger partial charge in [0.15, 0.2) is 5.13 Å². The summed E-state index contributed by atoms with van der Waals surface area (Å²) in [6.07, 6.45) is 4.45. The molecule has 0 saturated heterocycles. The molecule has 1 N–H and O–H groups in total. The molecule has 5 aromatic rings. The van der Waals surface area contributed by atoms with Gasteiger partial charge in [0.05, 0.1) is 16.8 Å². The standard InChI is InChI=1S/C29H24N4O2S/c1-20-11-13-23(14-12-20)35-16-6-15-33-19-22(24-7-2-4-9-26(24)33)17-21(18-30)28(34)32-29-31-25-8-3-5-10-27(25)36-29/h2-5,7-14,17,19H,6,15-16H2,1H3,(H,31,32,34)/b21-17+. The monoisotopic (exact) mass is 492 g/mol. The number of aryl methyl sites for hydroxylation is 2. The van der Waals surface area contributed by atoms with E-state index in [-0.39, 0.29) is 5.57 Å². The summed E-state index contributed by atoms with van der Waals surface area (Å²) in [6.45, 7) is 3.39. The summed E-state index contributed by atoms with van der Waals surface area (Å²) >= 11 is 1.38. The van der Waals surface area contributed by atoms with Gasteiger partial charge >= 0.3 is 0 Å². The van der Waals surface area contributed by atoms with Crippen molar-refractivity contribution in [2.45, 2.75) is 19.9 Å². The zero-order valence-electron chi connectivity index (χ0n) is 19.8. The van der Waals surface area contributed by atoms with Crippen molar-refractivity contribution in [2.75, 3.05) is 11.9 Å². The van der Waals surface area contributed by atoms with Gasteiger partial charge in [-0.25, -0.2) is 4.98 Å². The quantitative estimate of drug-likeness (QED) is 0.151. The molecule has 5 rings (SSSR count). The maximum atomic E-state index is 12.9. The topological polar surface area (TPSA) is 79.9 Å². The first-order valence-corrected chi connectivity index (χ1v) is 12.5. The summed E-state index contributed by atoms with van der Waals surface area (Å²) < 4.78 is 8.98. The number of amides is 1. The van der Waals surface area contributed by atoms with Crippen LogP contribution in [0.15, 0.2) is 84.6 Å². The minimum absolute atomic E-state index is 0.0277. The highest BCUT2D eigenvalue weighted by Crippen LogP contribution is 2.27. The minimum Gasteiger partial charge on any atom is -0.494 e. The smallest absolute Gasteiger partial charge is 0.268 e. The first kappa shape index (κ1) is 23.3. The number of hydrogen-bond donors (Lipinski definition) is 1. The van der Waals surface area contributed by atoms with Crippen molar-refractivity contribution in [3.63, 3.8) is 0 Å². The molecular formula is C29H24N4O2S. The molecule has 2 aromatic heterocycles. The normalized spacial score (nSPS) is 11.5. The van der Waals surface area contributed by atoms with E-state index < -0.39 is 5.91 Å². The Hall–Kier alpha value is -4.41. The van der Waals surface area contributed by atoms with Crippen LogP contribution in [0.1, 0.15) is 17.5 Å². The maximum absolute atomic E-state index is 12.9. The van der Waals surface area contributed by atoms with Gasteiger partial charge in [0.2, 0.25) is 0 Å². The number of fused-ring (bicyclic) bond motifs is 2. The number of rotatable bonds is 8. The Morgan fingerprint density at radius 3 is 2.69 bits per heavy atom. The Morgan fingerprint density at radius 1 is 1.11 bits per heavy atom. The van der Waals surface area contributed by atoms with E-state index in [9.17, 15) is 10.1 Å². The van der Waals surface area contributed by atoms with Crippen LogP contribution in [0, 0.1) is 18.3 Å². The van der Waals surface area contributed by atoms with Gasteiger partial charge in [0.25, 0.3) is 5.91 Å². The number of nitriles is 1. The van der Waals surface area contributed by atoms with Crippen molar-refractivity contribution in [3.05, 3.63) is 95.7 Å². The van der Waals surface area contributed by atoms with Crippen LogP contribution < -0.4 is 10.1 Å². The molecule has 0 spiro atoms. The number of aromatic nitrogens is 2. The number of hydrogen-bond acceptors (Lipinski definition) is 5. The van der Waals surface area contributed by atoms with Gasteiger partial charge in [-0.3, -0.25) is 10.1 Å². The summed E-state index contributed by atoms with van der Waals surface area (Å²) in [4.78, 5) is 17.3. The molecule has 7 heteroatoms. The number of thiazole rings is 1. The number of benzene rings is 3. The summed E-state index contributed by atoms with van der Waals surface area (Å²) in [5.74, 6) is 0.388. The van der Waals surface area contributed by atoms with E-state index in [4.69, 9.17) is 4.74 Å². The third kappa shape index (κ3) is 5.14. The number of para-hydroxylation sites is 2. The number of anilines is 1. The second-order valence-electron chi connectivity index (χ2n) is 8.42. The molecule has 0 aliphatic heterocycles. The van der Waals surface area contributed by atoms with E-state index in [0.29, 0.717) is 11.7 Å². The molecule has 36 heavy (non-hydrogen) atoms. The van der Waals surface area contributed by atoms with Crippen LogP contribution in [-0.4, -0.2) is 22.1 Å². The van der Waals surface area contributed by atoms with Gasteiger partial charge in [-0.05, 0) is 49.8 Å². The average molecular weight is 493 g/mol. The number of ether oxygens (including phenoxy) is 1. The van der Waals surface area contributed by atoms with Crippen molar-refractivity contribution < 1.29 is 9.53 Å². The summed E-state index contributed by atoms with van der Waals surface area (Å²) in [7, 11) is 0. The average Bonchev–Trinajstić information content (AvgIpc) is 3.46. The Morgan fingerprint density at radius 2 is 1.89 bits per heavy atom. The molecule has 6 nitrogen and oxygen atoms in total. The Balaban J connectivity index is 1.32. The molecule has 0 unspecified atom stereocenters. The summed E-state index contributed by atoms with van der Waals surface area (Å²) in [6, 6.07) is 25.7. The lowest BCUT2D eigenvalue weighted by molar-refractivity contribution is -0.112. The zero-order chi connectivity index (χ0) is 24.9. The van der Waals surface area contributed by atoms with Crippen molar-refractivity contribution in [2.24, 2.45) is 0 Å². The van der Waals surface area contributed by atoms with Crippen molar-refractivity contribution in [3.8, 4) is 11.8 Å². The first-order valence-electron chi connectivity index (χ1n) is 11.7. The number of nitrogens with zero attached hydrogens (tertiary/aromatic N) is 3. The molecule has 0 atom stereocenters. The van der Waals surface area contributed by atoms with Crippen LogP contribution in [0.4, 0.5) is 5.13 Å². The van der Waals surface area contributed by atoms with Gasteiger partial charge in [0.1, 0.15) is 17.4 Å². The second kappa shape index (κ2) is 10.5. The molecule has 0 fully saturated rings. The molecule has 0 saturated carbocycles. The third-order valence-electron chi connectivity index (χ3n) is 5.83. The zero-order valence-corrected chi connectivity index (χ0v) is 20.6. The molecule has 0 aliphatic carbocycles. The van der Waals surface area contributed by atoms with Crippen LogP contribution in [-0.2, 0) is 11.3 Å². The predicted molar refractivity (Wildman–Crippen MR) is 145 cm³/mol. The van der Waals surface area contributed by atoms with Gasteiger partial charge in [-0.15, -0.1) is 0 Å². The molecule has 1 amide bonds. The highest BCUT2D eigenvalue weighted by molar-refractivity contribution is 7.22. The second-order valence-corrected chi connectivity index (χ2v) is 9.45. The van der Waals surface area contributed by atoms with Crippen molar-refractivity contribution in [1.29, 1.82) is 5.26 Å². The Kier molecular flexibility index (Phi) is 6.78. The molecule has 2 heterocycles. The number of carbonyl (C=O) groups excluding carboxylic acids is 1. The fraction of sp³-hybridized carbons (Fsp3) is 0.138. The van der Waals surface area contributed by atoms with Crippen molar-refractivity contribution in [1.82, 2.24) is 9.55 Å². The first-order chi connectivity index (χ1) is 17.6. The number of nitrogens with one attached hydrogen (secondary N) is 1. The van der Waals surface area contributed by atoms with Crippen LogP contribution in [0.5, 0.6) is 5.75 Å². The third-order valence-corrected chi connectivity index (χ3v) is 6.78. The fourth-order valence-electron chi connectivity index (χ4n) is 4.03. The fourth-order valence-corrected chi connectivity index (χ4v) is 4.89. The molecule has 0 radical (unpaired) electrons. The van der Waals surface area contributed by atoms with Crippen LogP contribution >= 0.6 is 11.3 Å². The van der Waals surface area contributed by atoms with Gasteiger partial charge in [-0.1, -0.05) is 59.4 Å². The van der Waals surface area contributed by atoms with Crippen LogP contribution in [0.2, 0.25) is 0 Å². The Labute approximate surface area is 213 Å². The van der Waals surface area contributed by atoms with Gasteiger partial charge in [-0.2, -0.15) is 5.26 Å². The van der Waals surface area contributed by atoms with Crippen LogP contribution in [0.3, 0.4) is 0 Å². The van der Waals surface area contributed by atoms with E-state index >= 15 is 0 Å². The van der Waals surface area contributed by atoms with E-state index in [1.807, 2.05) is 85.1 Å². The van der Waals surface area contributed by atoms with Crippen LogP contribution in [0.25, 0.3) is 27.2 Å². The lowest BCUT2D eigenvalue weighted by Crippen LogP contribution is -2.13. The molecule has 178 valence electrons.